The molecule has 2 rings (SSSR count). The summed E-state index contributed by atoms with van der Waals surface area (Å²) >= 11 is 0. The number of hydrazine groups is 1. The molecule has 0 aromatic heterocycles. The third-order valence-electron chi connectivity index (χ3n) is 3.48. The Kier molecular flexibility index (Phi) is 5.26. The van der Waals surface area contributed by atoms with Crippen LogP contribution >= 0.6 is 0 Å². The second kappa shape index (κ2) is 7.17. The van der Waals surface area contributed by atoms with Crippen molar-refractivity contribution >= 4 is 5.69 Å². The van der Waals surface area contributed by atoms with Crippen LogP contribution in [0.2, 0.25) is 0 Å². The Balaban J connectivity index is 1.95. The van der Waals surface area contributed by atoms with Crippen LogP contribution in [0, 0.1) is 0 Å². The van der Waals surface area contributed by atoms with Crippen molar-refractivity contribution in [3.05, 3.63) is 36.2 Å². The predicted molar refractivity (Wildman–Crippen MR) is 80.0 cm³/mol. The Morgan fingerprint density at radius 2 is 1.90 bits per heavy atom. The summed E-state index contributed by atoms with van der Waals surface area (Å²) in [5.74, 6) is 6.70. The van der Waals surface area contributed by atoms with Gasteiger partial charge in [-0.05, 0) is 49.9 Å². The van der Waals surface area contributed by atoms with E-state index >= 15 is 0 Å². The van der Waals surface area contributed by atoms with E-state index in [-0.39, 0.29) is 6.61 Å². The number of rotatable bonds is 5. The van der Waals surface area contributed by atoms with E-state index < -0.39 is 0 Å². The number of nitrogens with two attached hydrogens (primary N) is 2. The maximum absolute atomic E-state index is 8.86. The smallest absolute Gasteiger partial charge is 0.119 e. The van der Waals surface area contributed by atoms with Gasteiger partial charge in [0.1, 0.15) is 5.75 Å². The Labute approximate surface area is 119 Å². The zero-order valence-corrected chi connectivity index (χ0v) is 11.7. The second-order valence-electron chi connectivity index (χ2n) is 5.14. The summed E-state index contributed by atoms with van der Waals surface area (Å²) in [6, 6.07) is 7.57. The lowest BCUT2D eigenvalue weighted by molar-refractivity contribution is 0.155. The van der Waals surface area contributed by atoms with Crippen LogP contribution in [-0.4, -0.2) is 17.8 Å². The number of hydrogen-bond acceptors (Lipinski definition) is 5. The SMILES string of the molecule is N/C(=C\N(N)c1ccc(OC2CCCCC2)cc1)CO. The highest BCUT2D eigenvalue weighted by atomic mass is 16.5. The lowest BCUT2D eigenvalue weighted by atomic mass is 9.98. The highest BCUT2D eigenvalue weighted by molar-refractivity contribution is 5.50. The number of benzene rings is 1. The molecule has 0 amide bonds. The second-order valence-corrected chi connectivity index (χ2v) is 5.14. The van der Waals surface area contributed by atoms with Crippen LogP contribution in [0.25, 0.3) is 0 Å². The molecule has 1 aliphatic carbocycles. The van der Waals surface area contributed by atoms with E-state index in [0.29, 0.717) is 11.8 Å². The first-order chi connectivity index (χ1) is 9.69. The number of nitrogens with zero attached hydrogens (tertiary/aromatic N) is 1. The molecule has 5 nitrogen and oxygen atoms in total. The average Bonchev–Trinajstić information content (AvgIpc) is 2.49. The molecule has 1 fully saturated rings. The maximum Gasteiger partial charge on any atom is 0.119 e. The Hall–Kier alpha value is -1.72. The van der Waals surface area contributed by atoms with Gasteiger partial charge in [0.05, 0.1) is 24.1 Å². The number of anilines is 1. The molecule has 1 aromatic carbocycles. The fraction of sp³-hybridized carbons (Fsp3) is 0.467. The van der Waals surface area contributed by atoms with Gasteiger partial charge in [0, 0.05) is 6.20 Å². The van der Waals surface area contributed by atoms with E-state index in [0.717, 1.165) is 24.3 Å². The molecule has 5 N–H and O–H groups in total. The van der Waals surface area contributed by atoms with Crippen molar-refractivity contribution in [3.63, 3.8) is 0 Å². The monoisotopic (exact) mass is 277 g/mol. The van der Waals surface area contributed by atoms with Gasteiger partial charge < -0.3 is 15.6 Å². The summed E-state index contributed by atoms with van der Waals surface area (Å²) < 4.78 is 5.95. The zero-order chi connectivity index (χ0) is 14.4. The van der Waals surface area contributed by atoms with Gasteiger partial charge >= 0.3 is 0 Å². The van der Waals surface area contributed by atoms with Crippen LogP contribution in [0.4, 0.5) is 5.69 Å². The van der Waals surface area contributed by atoms with Crippen LogP contribution in [0.15, 0.2) is 36.2 Å². The van der Waals surface area contributed by atoms with Crippen LogP contribution < -0.4 is 21.3 Å². The zero-order valence-electron chi connectivity index (χ0n) is 11.7. The summed E-state index contributed by atoms with van der Waals surface area (Å²) in [5, 5.41) is 10.2. The standard InChI is InChI=1S/C15H23N3O2/c16-12(11-19)10-18(17)13-6-8-15(9-7-13)20-14-4-2-1-3-5-14/h6-10,14,19H,1-5,11,16-17H2/b12-10-. The molecule has 0 spiro atoms. The first-order valence-corrected chi connectivity index (χ1v) is 7.06. The first kappa shape index (κ1) is 14.7. The molecule has 0 unspecified atom stereocenters. The van der Waals surface area contributed by atoms with Gasteiger partial charge in [0.25, 0.3) is 0 Å². The van der Waals surface area contributed by atoms with Crippen molar-refractivity contribution in [2.75, 3.05) is 11.6 Å². The van der Waals surface area contributed by atoms with Crippen molar-refractivity contribution in [2.24, 2.45) is 11.6 Å². The fourth-order valence-electron chi connectivity index (χ4n) is 2.37. The van der Waals surface area contributed by atoms with Gasteiger partial charge in [-0.25, -0.2) is 5.84 Å². The highest BCUT2D eigenvalue weighted by Gasteiger charge is 2.14. The molecule has 0 saturated heterocycles. The minimum absolute atomic E-state index is 0.212. The largest absolute Gasteiger partial charge is 0.490 e. The van der Waals surface area contributed by atoms with Gasteiger partial charge in [0.15, 0.2) is 0 Å². The Bertz CT molecular complexity index is 439. The van der Waals surface area contributed by atoms with E-state index in [1.54, 1.807) is 0 Å². The fourth-order valence-corrected chi connectivity index (χ4v) is 2.37. The summed E-state index contributed by atoms with van der Waals surface area (Å²) in [5.41, 5.74) is 6.63. The van der Waals surface area contributed by atoms with E-state index in [1.165, 1.54) is 30.5 Å². The molecule has 1 aliphatic rings. The molecule has 1 saturated carbocycles. The highest BCUT2D eigenvalue weighted by Crippen LogP contribution is 2.24. The van der Waals surface area contributed by atoms with Gasteiger partial charge in [0.2, 0.25) is 0 Å². The van der Waals surface area contributed by atoms with Gasteiger partial charge in [-0.3, -0.25) is 5.01 Å². The summed E-state index contributed by atoms with van der Waals surface area (Å²) in [6.45, 7) is -0.212. The third kappa shape index (κ3) is 4.15. The molecular formula is C15H23N3O2. The normalized spacial score (nSPS) is 17.0. The summed E-state index contributed by atoms with van der Waals surface area (Å²) in [7, 11) is 0. The molecule has 5 heteroatoms. The number of ether oxygens (including phenoxy) is 1. The van der Waals surface area contributed by atoms with Crippen molar-refractivity contribution < 1.29 is 9.84 Å². The lowest BCUT2D eigenvalue weighted by Gasteiger charge is -2.23. The molecule has 0 heterocycles. The quantitative estimate of drug-likeness (QED) is 0.565. The third-order valence-corrected chi connectivity index (χ3v) is 3.48. The topological polar surface area (TPSA) is 84.7 Å². The maximum atomic E-state index is 8.86. The summed E-state index contributed by atoms with van der Waals surface area (Å²) in [4.78, 5) is 0. The van der Waals surface area contributed by atoms with Gasteiger partial charge in [-0.2, -0.15) is 0 Å². The molecule has 20 heavy (non-hydrogen) atoms. The van der Waals surface area contributed by atoms with Crippen molar-refractivity contribution in [1.29, 1.82) is 0 Å². The number of hydrogen-bond donors (Lipinski definition) is 3. The molecule has 0 bridgehead atoms. The van der Waals surface area contributed by atoms with E-state index in [9.17, 15) is 0 Å². The van der Waals surface area contributed by atoms with E-state index in [4.69, 9.17) is 21.4 Å². The minimum Gasteiger partial charge on any atom is -0.490 e. The van der Waals surface area contributed by atoms with Crippen molar-refractivity contribution in [2.45, 2.75) is 38.2 Å². The predicted octanol–water partition coefficient (Wildman–Crippen LogP) is 1.87. The molecule has 0 aliphatic heterocycles. The van der Waals surface area contributed by atoms with Gasteiger partial charge in [-0.15, -0.1) is 0 Å². The summed E-state index contributed by atoms with van der Waals surface area (Å²) in [6.07, 6.45) is 7.95. The number of aliphatic hydroxyl groups is 1. The molecular weight excluding hydrogens is 254 g/mol. The van der Waals surface area contributed by atoms with Crippen LogP contribution in [0.3, 0.4) is 0 Å². The lowest BCUT2D eigenvalue weighted by Crippen LogP contribution is -2.26. The molecule has 0 atom stereocenters. The van der Waals surface area contributed by atoms with Crippen LogP contribution in [0.5, 0.6) is 5.75 Å². The van der Waals surface area contributed by atoms with E-state index in [1.807, 2.05) is 24.3 Å². The molecule has 110 valence electrons. The van der Waals surface area contributed by atoms with Crippen LogP contribution in [0.1, 0.15) is 32.1 Å². The Morgan fingerprint density at radius 1 is 1.25 bits per heavy atom. The molecule has 0 radical (unpaired) electrons. The average molecular weight is 277 g/mol. The Morgan fingerprint density at radius 3 is 2.50 bits per heavy atom. The van der Waals surface area contributed by atoms with E-state index in [2.05, 4.69) is 0 Å². The molecule has 1 aromatic rings. The van der Waals surface area contributed by atoms with Crippen LogP contribution in [-0.2, 0) is 0 Å². The van der Waals surface area contributed by atoms with Crippen molar-refractivity contribution in [1.82, 2.24) is 0 Å². The number of aliphatic hydroxyl groups excluding tert-OH is 1. The van der Waals surface area contributed by atoms with Crippen molar-refractivity contribution in [3.8, 4) is 5.75 Å². The first-order valence-electron chi connectivity index (χ1n) is 7.06. The minimum atomic E-state index is -0.212. The van der Waals surface area contributed by atoms with Gasteiger partial charge in [-0.1, -0.05) is 6.42 Å².